The number of nitriles is 1. The van der Waals surface area contributed by atoms with Crippen LogP contribution in [0.5, 0.6) is 0 Å². The number of imidazole rings is 1. The molecule has 0 bridgehead atoms. The number of hydrogen-bond donors (Lipinski definition) is 1. The number of aromatic nitrogens is 4. The van der Waals surface area contributed by atoms with Gasteiger partial charge in [0.25, 0.3) is 0 Å². The highest BCUT2D eigenvalue weighted by Crippen LogP contribution is 2.30. The fraction of sp³-hybridized carbons (Fsp3) is 0.400. The lowest BCUT2D eigenvalue weighted by Crippen LogP contribution is -2.13. The quantitative estimate of drug-likeness (QED) is 0.650. The summed E-state index contributed by atoms with van der Waals surface area (Å²) in [6, 6.07) is 8.00. The summed E-state index contributed by atoms with van der Waals surface area (Å²) in [7, 11) is 1.65. The number of carbonyl (C=O) groups is 1. The molecule has 8 heteroatoms. The van der Waals surface area contributed by atoms with Gasteiger partial charge in [0.2, 0.25) is 5.91 Å². The number of carbonyl (C=O) groups excluding carboxylic acids is 1. The van der Waals surface area contributed by atoms with Crippen LogP contribution in [-0.2, 0) is 9.53 Å². The predicted octanol–water partition coefficient (Wildman–Crippen LogP) is 3.04. The lowest BCUT2D eigenvalue weighted by atomic mass is 10.1. The Hall–Kier alpha value is -3.18. The number of fused-ring (bicyclic) bond motifs is 1. The average molecular weight is 378 g/mol. The van der Waals surface area contributed by atoms with Crippen LogP contribution in [-0.4, -0.2) is 38.8 Å². The first-order valence-corrected chi connectivity index (χ1v) is 9.39. The molecule has 4 rings (SSSR count). The maximum absolute atomic E-state index is 12.0. The average Bonchev–Trinajstić information content (AvgIpc) is 3.29. The SMILES string of the molecule is COCCC(CC#N)n1cc(-c2cccc3nc(NC(=O)C4CC4)cn23)cn1. The topological polar surface area (TPSA) is 97.2 Å². The Morgan fingerprint density at radius 2 is 2.29 bits per heavy atom. The minimum atomic E-state index is -0.0333. The minimum Gasteiger partial charge on any atom is -0.385 e. The van der Waals surface area contributed by atoms with Gasteiger partial charge in [-0.25, -0.2) is 4.98 Å². The van der Waals surface area contributed by atoms with E-state index >= 15 is 0 Å². The van der Waals surface area contributed by atoms with Gasteiger partial charge in [-0.15, -0.1) is 0 Å². The molecule has 1 saturated carbocycles. The lowest BCUT2D eigenvalue weighted by molar-refractivity contribution is -0.117. The van der Waals surface area contributed by atoms with Crippen LogP contribution >= 0.6 is 0 Å². The molecule has 3 aromatic rings. The van der Waals surface area contributed by atoms with E-state index in [1.54, 1.807) is 13.3 Å². The first-order valence-electron chi connectivity index (χ1n) is 9.39. The molecule has 144 valence electrons. The number of amides is 1. The van der Waals surface area contributed by atoms with Gasteiger partial charge >= 0.3 is 0 Å². The summed E-state index contributed by atoms with van der Waals surface area (Å²) < 4.78 is 8.91. The van der Waals surface area contributed by atoms with Crippen LogP contribution < -0.4 is 5.32 Å². The van der Waals surface area contributed by atoms with Gasteiger partial charge in [0.05, 0.1) is 36.6 Å². The molecule has 28 heavy (non-hydrogen) atoms. The number of ether oxygens (including phenoxy) is 1. The molecule has 1 aliphatic rings. The van der Waals surface area contributed by atoms with Gasteiger partial charge in [-0.3, -0.25) is 13.9 Å². The molecule has 1 atom stereocenters. The van der Waals surface area contributed by atoms with E-state index in [2.05, 4.69) is 21.5 Å². The summed E-state index contributed by atoms with van der Waals surface area (Å²) in [5, 5.41) is 16.5. The van der Waals surface area contributed by atoms with Gasteiger partial charge in [0, 0.05) is 31.4 Å². The monoisotopic (exact) mass is 378 g/mol. The number of hydrogen-bond acceptors (Lipinski definition) is 5. The van der Waals surface area contributed by atoms with E-state index in [-0.39, 0.29) is 17.9 Å². The molecule has 0 radical (unpaired) electrons. The number of methoxy groups -OCH3 is 1. The van der Waals surface area contributed by atoms with E-state index in [4.69, 9.17) is 10.00 Å². The zero-order chi connectivity index (χ0) is 19.5. The van der Waals surface area contributed by atoms with Crippen molar-refractivity contribution < 1.29 is 9.53 Å². The van der Waals surface area contributed by atoms with Crippen molar-refractivity contribution in [2.45, 2.75) is 31.7 Å². The molecule has 0 aliphatic heterocycles. The Morgan fingerprint density at radius 1 is 1.43 bits per heavy atom. The van der Waals surface area contributed by atoms with E-state index in [9.17, 15) is 4.79 Å². The largest absolute Gasteiger partial charge is 0.385 e. The molecule has 1 N–H and O–H groups in total. The third kappa shape index (κ3) is 3.75. The maximum atomic E-state index is 12.0. The summed E-state index contributed by atoms with van der Waals surface area (Å²) in [6.45, 7) is 0.572. The van der Waals surface area contributed by atoms with Crippen molar-refractivity contribution in [1.82, 2.24) is 19.2 Å². The summed E-state index contributed by atoms with van der Waals surface area (Å²) in [4.78, 5) is 16.5. The second-order valence-electron chi connectivity index (χ2n) is 7.04. The van der Waals surface area contributed by atoms with Crippen molar-refractivity contribution in [3.63, 3.8) is 0 Å². The molecule has 1 aliphatic carbocycles. The Morgan fingerprint density at radius 3 is 3.04 bits per heavy atom. The zero-order valence-corrected chi connectivity index (χ0v) is 15.7. The smallest absolute Gasteiger partial charge is 0.228 e. The van der Waals surface area contributed by atoms with Gasteiger partial charge in [0.15, 0.2) is 5.82 Å². The van der Waals surface area contributed by atoms with Gasteiger partial charge < -0.3 is 10.1 Å². The van der Waals surface area contributed by atoms with Crippen LogP contribution in [0.4, 0.5) is 5.82 Å². The normalized spacial score (nSPS) is 14.7. The van der Waals surface area contributed by atoms with Crippen LogP contribution in [0.15, 0.2) is 36.8 Å². The van der Waals surface area contributed by atoms with E-state index in [0.717, 1.165) is 36.2 Å². The van der Waals surface area contributed by atoms with Gasteiger partial charge in [-0.1, -0.05) is 6.07 Å². The number of nitrogens with zero attached hydrogens (tertiary/aromatic N) is 5. The van der Waals surface area contributed by atoms with Crippen LogP contribution in [0.1, 0.15) is 31.7 Å². The van der Waals surface area contributed by atoms with E-state index in [0.29, 0.717) is 18.8 Å². The molecular formula is C20H22N6O2. The summed E-state index contributed by atoms with van der Waals surface area (Å²) in [5.74, 6) is 0.723. The minimum absolute atomic E-state index is 0.0333. The Balaban J connectivity index is 1.61. The van der Waals surface area contributed by atoms with E-state index in [1.165, 1.54) is 0 Å². The Kier molecular flexibility index (Phi) is 5.08. The van der Waals surface area contributed by atoms with Crippen molar-refractivity contribution in [3.8, 4) is 17.3 Å². The second-order valence-corrected chi connectivity index (χ2v) is 7.04. The standard InChI is InChI=1S/C20H22N6O2/c1-28-10-8-16(7-9-21)26-12-15(11-22-26)17-3-2-4-19-23-18(13-25(17)19)24-20(27)14-5-6-14/h2-4,11-14,16H,5-8,10H2,1H3,(H,24,27). The third-order valence-corrected chi connectivity index (χ3v) is 4.95. The van der Waals surface area contributed by atoms with Crippen LogP contribution in [0.2, 0.25) is 0 Å². The number of anilines is 1. The zero-order valence-electron chi connectivity index (χ0n) is 15.7. The van der Waals surface area contributed by atoms with Crippen LogP contribution in [0, 0.1) is 17.2 Å². The first kappa shape index (κ1) is 18.2. The fourth-order valence-corrected chi connectivity index (χ4v) is 3.24. The molecule has 0 saturated heterocycles. The fourth-order valence-electron chi connectivity index (χ4n) is 3.24. The molecular weight excluding hydrogens is 356 g/mol. The molecule has 0 spiro atoms. The highest BCUT2D eigenvalue weighted by molar-refractivity contribution is 5.93. The first-order chi connectivity index (χ1) is 13.7. The molecule has 3 aromatic heterocycles. The van der Waals surface area contributed by atoms with Crippen LogP contribution in [0.25, 0.3) is 16.9 Å². The third-order valence-electron chi connectivity index (χ3n) is 4.95. The number of rotatable bonds is 8. The summed E-state index contributed by atoms with van der Waals surface area (Å²) in [6.07, 6.45) is 8.56. The highest BCUT2D eigenvalue weighted by Gasteiger charge is 2.30. The van der Waals surface area contributed by atoms with Gasteiger partial charge in [0.1, 0.15) is 5.65 Å². The summed E-state index contributed by atoms with van der Waals surface area (Å²) >= 11 is 0. The summed E-state index contributed by atoms with van der Waals surface area (Å²) in [5.41, 5.74) is 2.60. The van der Waals surface area contributed by atoms with Crippen LogP contribution in [0.3, 0.4) is 0 Å². The Labute approximate surface area is 162 Å². The van der Waals surface area contributed by atoms with Crippen molar-refractivity contribution in [1.29, 1.82) is 5.26 Å². The Bertz CT molecular complexity index is 1030. The molecule has 1 amide bonds. The molecule has 0 aromatic carbocycles. The predicted molar refractivity (Wildman–Crippen MR) is 104 cm³/mol. The number of nitrogens with one attached hydrogen (secondary N) is 1. The second kappa shape index (κ2) is 7.82. The van der Waals surface area contributed by atoms with Gasteiger partial charge in [-0.05, 0) is 31.4 Å². The lowest BCUT2D eigenvalue weighted by Gasteiger charge is -2.13. The van der Waals surface area contributed by atoms with Crippen molar-refractivity contribution in [3.05, 3.63) is 36.8 Å². The number of pyridine rings is 1. The van der Waals surface area contributed by atoms with Crippen molar-refractivity contribution in [2.24, 2.45) is 5.92 Å². The van der Waals surface area contributed by atoms with E-state index in [1.807, 2.05) is 39.7 Å². The van der Waals surface area contributed by atoms with Crippen molar-refractivity contribution >= 4 is 17.4 Å². The molecule has 1 unspecified atom stereocenters. The molecule has 1 fully saturated rings. The molecule has 3 heterocycles. The van der Waals surface area contributed by atoms with E-state index < -0.39 is 0 Å². The molecule has 8 nitrogen and oxygen atoms in total. The van der Waals surface area contributed by atoms with Crippen molar-refractivity contribution in [2.75, 3.05) is 19.0 Å². The van der Waals surface area contributed by atoms with Gasteiger partial charge in [-0.2, -0.15) is 10.4 Å². The highest BCUT2D eigenvalue weighted by atomic mass is 16.5. The maximum Gasteiger partial charge on any atom is 0.228 e.